The predicted molar refractivity (Wildman–Crippen MR) is 93.0 cm³/mol. The highest BCUT2D eigenvalue weighted by Gasteiger charge is 2.10. The lowest BCUT2D eigenvalue weighted by molar-refractivity contribution is 0.220. The maximum Gasteiger partial charge on any atom is 0.247 e. The Bertz CT molecular complexity index is 759. The minimum atomic E-state index is 0.496. The maximum absolute atomic E-state index is 5.88. The van der Waals surface area contributed by atoms with Crippen LogP contribution in [-0.4, -0.2) is 35.3 Å². The maximum atomic E-state index is 5.88. The molecule has 2 aromatic carbocycles. The minimum absolute atomic E-state index is 0.496. The molecule has 0 saturated heterocycles. The molecule has 24 heavy (non-hydrogen) atoms. The Labute approximate surface area is 145 Å². The second-order valence-corrected chi connectivity index (χ2v) is 5.84. The zero-order valence-corrected chi connectivity index (χ0v) is 14.1. The van der Waals surface area contributed by atoms with Gasteiger partial charge in [0.1, 0.15) is 12.4 Å². The molecule has 3 rings (SSSR count). The summed E-state index contributed by atoms with van der Waals surface area (Å²) in [6.45, 7) is 1.92. The Morgan fingerprint density at radius 3 is 2.54 bits per heavy atom. The molecule has 0 spiro atoms. The van der Waals surface area contributed by atoms with E-state index in [1.807, 2.05) is 49.5 Å². The third kappa shape index (κ3) is 4.57. The number of benzene rings is 2. The van der Waals surface area contributed by atoms with Crippen LogP contribution in [0, 0.1) is 0 Å². The van der Waals surface area contributed by atoms with Crippen LogP contribution < -0.4 is 4.74 Å². The van der Waals surface area contributed by atoms with Gasteiger partial charge in [0.15, 0.2) is 0 Å². The minimum Gasteiger partial charge on any atom is -0.492 e. The average Bonchev–Trinajstić information content (AvgIpc) is 3.05. The monoisotopic (exact) mass is 343 g/mol. The molecule has 124 valence electrons. The number of likely N-dealkylation sites (N-methyl/N-ethyl adjacent to an activating group) is 1. The summed E-state index contributed by atoms with van der Waals surface area (Å²) in [6, 6.07) is 17.1. The molecule has 0 radical (unpaired) electrons. The molecule has 0 unspecified atom stereocenters. The van der Waals surface area contributed by atoms with E-state index in [1.165, 1.54) is 0 Å². The normalized spacial score (nSPS) is 11.0. The summed E-state index contributed by atoms with van der Waals surface area (Å²) in [7, 11) is 1.99. The highest BCUT2D eigenvalue weighted by Crippen LogP contribution is 2.20. The molecule has 6 heteroatoms. The van der Waals surface area contributed by atoms with Crippen LogP contribution in [0.5, 0.6) is 5.75 Å². The first-order valence-corrected chi connectivity index (χ1v) is 8.03. The van der Waals surface area contributed by atoms with Crippen LogP contribution in [0.4, 0.5) is 0 Å². The summed E-state index contributed by atoms with van der Waals surface area (Å²) in [5.41, 5.74) is 0.855. The number of aromatic nitrogens is 2. The van der Waals surface area contributed by atoms with Gasteiger partial charge in [-0.1, -0.05) is 29.8 Å². The largest absolute Gasteiger partial charge is 0.492 e. The number of hydrogen-bond acceptors (Lipinski definition) is 5. The fraction of sp³-hybridized carbons (Fsp3) is 0.222. The Kier molecular flexibility index (Phi) is 5.46. The zero-order valence-electron chi connectivity index (χ0n) is 13.4. The van der Waals surface area contributed by atoms with Crippen molar-refractivity contribution in [3.8, 4) is 17.2 Å². The second kappa shape index (κ2) is 7.95. The van der Waals surface area contributed by atoms with Crippen molar-refractivity contribution in [2.24, 2.45) is 0 Å². The van der Waals surface area contributed by atoms with Crippen molar-refractivity contribution in [2.75, 3.05) is 20.2 Å². The zero-order chi connectivity index (χ0) is 16.8. The highest BCUT2D eigenvalue weighted by molar-refractivity contribution is 6.30. The van der Waals surface area contributed by atoms with Crippen molar-refractivity contribution in [2.45, 2.75) is 6.54 Å². The van der Waals surface area contributed by atoms with Crippen molar-refractivity contribution in [1.29, 1.82) is 0 Å². The van der Waals surface area contributed by atoms with Crippen LogP contribution in [0.15, 0.2) is 59.0 Å². The van der Waals surface area contributed by atoms with Gasteiger partial charge in [0, 0.05) is 17.1 Å². The van der Waals surface area contributed by atoms with Crippen LogP contribution in [0.1, 0.15) is 5.89 Å². The van der Waals surface area contributed by atoms with Crippen LogP contribution in [0.3, 0.4) is 0 Å². The number of para-hydroxylation sites is 1. The van der Waals surface area contributed by atoms with Gasteiger partial charge in [-0.05, 0) is 43.4 Å². The molecule has 3 aromatic rings. The van der Waals surface area contributed by atoms with E-state index in [0.29, 0.717) is 30.0 Å². The van der Waals surface area contributed by atoms with Crippen molar-refractivity contribution < 1.29 is 9.15 Å². The van der Waals surface area contributed by atoms with Crippen molar-refractivity contribution in [3.63, 3.8) is 0 Å². The summed E-state index contributed by atoms with van der Waals surface area (Å²) < 4.78 is 11.4. The van der Waals surface area contributed by atoms with Gasteiger partial charge in [-0.2, -0.15) is 0 Å². The van der Waals surface area contributed by atoms with E-state index < -0.39 is 0 Å². The summed E-state index contributed by atoms with van der Waals surface area (Å²) in [5.74, 6) is 1.94. The summed E-state index contributed by atoms with van der Waals surface area (Å²) in [5, 5.41) is 8.85. The SMILES string of the molecule is CN(CCOc1ccccc1)Cc1nnc(-c2ccc(Cl)cc2)o1. The van der Waals surface area contributed by atoms with E-state index in [4.69, 9.17) is 20.8 Å². The molecule has 0 aliphatic carbocycles. The van der Waals surface area contributed by atoms with E-state index in [2.05, 4.69) is 15.1 Å². The van der Waals surface area contributed by atoms with E-state index in [-0.39, 0.29) is 0 Å². The van der Waals surface area contributed by atoms with Gasteiger partial charge >= 0.3 is 0 Å². The molecule has 0 N–H and O–H groups in total. The topological polar surface area (TPSA) is 51.4 Å². The molecule has 0 amide bonds. The second-order valence-electron chi connectivity index (χ2n) is 5.41. The Morgan fingerprint density at radius 1 is 1.04 bits per heavy atom. The summed E-state index contributed by atoms with van der Waals surface area (Å²) in [4.78, 5) is 2.07. The first-order chi connectivity index (χ1) is 11.7. The third-order valence-electron chi connectivity index (χ3n) is 3.45. The molecule has 1 heterocycles. The Hall–Kier alpha value is -2.37. The van der Waals surface area contributed by atoms with Crippen LogP contribution >= 0.6 is 11.6 Å². The van der Waals surface area contributed by atoms with E-state index in [9.17, 15) is 0 Å². The molecule has 1 aromatic heterocycles. The molecule has 0 bridgehead atoms. The van der Waals surface area contributed by atoms with Crippen LogP contribution in [0.25, 0.3) is 11.5 Å². The fourth-order valence-electron chi connectivity index (χ4n) is 2.17. The Morgan fingerprint density at radius 2 is 1.79 bits per heavy atom. The molecular weight excluding hydrogens is 326 g/mol. The molecule has 0 atom stereocenters. The highest BCUT2D eigenvalue weighted by atomic mass is 35.5. The third-order valence-corrected chi connectivity index (χ3v) is 3.70. The average molecular weight is 344 g/mol. The first kappa shape index (κ1) is 16.5. The van der Waals surface area contributed by atoms with Crippen LogP contribution in [0.2, 0.25) is 5.02 Å². The van der Waals surface area contributed by atoms with E-state index >= 15 is 0 Å². The quantitative estimate of drug-likeness (QED) is 0.651. The van der Waals surface area contributed by atoms with Gasteiger partial charge in [-0.3, -0.25) is 4.90 Å². The molecular formula is C18H18ClN3O2. The lowest BCUT2D eigenvalue weighted by atomic mass is 10.2. The summed E-state index contributed by atoms with van der Waals surface area (Å²) >= 11 is 5.88. The number of hydrogen-bond donors (Lipinski definition) is 0. The smallest absolute Gasteiger partial charge is 0.247 e. The number of rotatable bonds is 7. The standard InChI is InChI=1S/C18H18ClN3O2/c1-22(11-12-23-16-5-3-2-4-6-16)13-17-20-21-18(24-17)14-7-9-15(19)10-8-14/h2-10H,11-13H2,1H3. The van der Waals surface area contributed by atoms with Crippen LogP contribution in [-0.2, 0) is 6.54 Å². The molecule has 5 nitrogen and oxygen atoms in total. The lowest BCUT2D eigenvalue weighted by Gasteiger charge is -2.14. The molecule has 0 aliphatic heterocycles. The predicted octanol–water partition coefficient (Wildman–Crippen LogP) is 3.90. The lowest BCUT2D eigenvalue weighted by Crippen LogP contribution is -2.24. The van der Waals surface area contributed by atoms with Crippen molar-refractivity contribution in [3.05, 3.63) is 65.5 Å². The van der Waals surface area contributed by atoms with Gasteiger partial charge in [0.05, 0.1) is 6.54 Å². The van der Waals surface area contributed by atoms with Gasteiger partial charge in [0.25, 0.3) is 0 Å². The number of nitrogens with zero attached hydrogens (tertiary/aromatic N) is 3. The van der Waals surface area contributed by atoms with Crippen molar-refractivity contribution in [1.82, 2.24) is 15.1 Å². The van der Waals surface area contributed by atoms with Gasteiger partial charge in [0.2, 0.25) is 11.8 Å². The summed E-state index contributed by atoms with van der Waals surface area (Å²) in [6.07, 6.45) is 0. The van der Waals surface area contributed by atoms with E-state index in [0.717, 1.165) is 17.9 Å². The van der Waals surface area contributed by atoms with Crippen molar-refractivity contribution >= 4 is 11.6 Å². The Balaban J connectivity index is 1.50. The molecule has 0 saturated carbocycles. The number of halogens is 1. The molecule has 0 fully saturated rings. The fourth-order valence-corrected chi connectivity index (χ4v) is 2.30. The van der Waals surface area contributed by atoms with E-state index in [1.54, 1.807) is 12.1 Å². The van der Waals surface area contributed by atoms with Gasteiger partial charge in [-0.15, -0.1) is 10.2 Å². The number of ether oxygens (including phenoxy) is 1. The first-order valence-electron chi connectivity index (χ1n) is 7.65. The van der Waals surface area contributed by atoms with Gasteiger partial charge < -0.3 is 9.15 Å². The van der Waals surface area contributed by atoms with Gasteiger partial charge in [-0.25, -0.2) is 0 Å². The molecule has 0 aliphatic rings.